The summed E-state index contributed by atoms with van der Waals surface area (Å²) in [6.45, 7) is 0. The van der Waals surface area contributed by atoms with Gasteiger partial charge in [0.15, 0.2) is 0 Å². The number of nitrogens with one attached hydrogen (secondary N) is 1. The summed E-state index contributed by atoms with van der Waals surface area (Å²) < 4.78 is 5.20. The van der Waals surface area contributed by atoms with Crippen LogP contribution >= 0.6 is 0 Å². The number of nitrogens with two attached hydrogens (primary N) is 1. The van der Waals surface area contributed by atoms with E-state index in [1.807, 2.05) is 24.3 Å². The zero-order valence-electron chi connectivity index (χ0n) is 9.18. The van der Waals surface area contributed by atoms with Gasteiger partial charge in [0.25, 0.3) is 6.01 Å². The number of fused-ring (bicyclic) bond motifs is 1. The number of benzene rings is 1. The van der Waals surface area contributed by atoms with Gasteiger partial charge in [0.2, 0.25) is 0 Å². The molecular formula is C12H12N4O. The van der Waals surface area contributed by atoms with Gasteiger partial charge in [0.05, 0.1) is 17.2 Å². The van der Waals surface area contributed by atoms with Gasteiger partial charge < -0.3 is 15.1 Å². The summed E-state index contributed by atoms with van der Waals surface area (Å²) in [5, 5.41) is 0. The smallest absolute Gasteiger partial charge is 0.292 e. The van der Waals surface area contributed by atoms with Crippen LogP contribution in [-0.2, 0) is 12.8 Å². The van der Waals surface area contributed by atoms with Crippen LogP contribution in [0.25, 0.3) is 11.0 Å². The van der Waals surface area contributed by atoms with Crippen LogP contribution in [0.5, 0.6) is 0 Å². The van der Waals surface area contributed by atoms with E-state index in [9.17, 15) is 0 Å². The van der Waals surface area contributed by atoms with Gasteiger partial charge in [-0.2, -0.15) is 0 Å². The average molecular weight is 228 g/mol. The molecule has 0 spiro atoms. The number of aromatic nitrogens is 3. The second-order valence-corrected chi connectivity index (χ2v) is 3.87. The second kappa shape index (κ2) is 3.93. The van der Waals surface area contributed by atoms with Gasteiger partial charge in [-0.3, -0.25) is 0 Å². The van der Waals surface area contributed by atoms with Gasteiger partial charge in [-0.1, -0.05) is 12.1 Å². The Morgan fingerprint density at radius 1 is 1.24 bits per heavy atom. The van der Waals surface area contributed by atoms with E-state index in [0.29, 0.717) is 0 Å². The molecule has 5 nitrogen and oxygen atoms in total. The first kappa shape index (κ1) is 9.89. The quantitative estimate of drug-likeness (QED) is 0.717. The molecule has 0 saturated carbocycles. The zero-order chi connectivity index (χ0) is 11.7. The molecule has 0 saturated heterocycles. The molecule has 0 radical (unpaired) electrons. The fraction of sp³-hybridized carbons (Fsp3) is 0.167. The molecule has 86 valence electrons. The molecule has 5 heteroatoms. The summed E-state index contributed by atoms with van der Waals surface area (Å²) in [7, 11) is 0. The van der Waals surface area contributed by atoms with Gasteiger partial charge in [-0.05, 0) is 12.1 Å². The normalized spacial score (nSPS) is 11.1. The number of anilines is 1. The fourth-order valence-electron chi connectivity index (χ4n) is 1.80. The Morgan fingerprint density at radius 2 is 2.12 bits per heavy atom. The Bertz CT molecular complexity index is 608. The van der Waals surface area contributed by atoms with Gasteiger partial charge in [0, 0.05) is 12.8 Å². The third-order valence-corrected chi connectivity index (χ3v) is 2.62. The van der Waals surface area contributed by atoms with Crippen molar-refractivity contribution in [1.82, 2.24) is 15.0 Å². The molecule has 0 fully saturated rings. The first-order valence-corrected chi connectivity index (χ1v) is 5.45. The number of aromatic amines is 1. The number of aryl methyl sites for hydroxylation is 2. The molecule has 0 aliphatic rings. The van der Waals surface area contributed by atoms with Crippen molar-refractivity contribution in [3.63, 3.8) is 0 Å². The SMILES string of the molecule is Nc1ncc(CCc2nc3ccccc3[nH]2)o1. The molecule has 2 aromatic heterocycles. The average Bonchev–Trinajstić information content (AvgIpc) is 2.91. The summed E-state index contributed by atoms with van der Waals surface area (Å²) in [4.78, 5) is 11.6. The number of rotatable bonds is 3. The molecule has 1 aromatic carbocycles. The topological polar surface area (TPSA) is 80.7 Å². The van der Waals surface area contributed by atoms with E-state index >= 15 is 0 Å². The standard InChI is InChI=1S/C12H12N4O/c13-12-14-7-8(17-12)5-6-11-15-9-3-1-2-4-10(9)16-11/h1-4,7H,5-6H2,(H2,13,14)(H,15,16). The molecule has 3 rings (SSSR count). The van der Waals surface area contributed by atoms with E-state index < -0.39 is 0 Å². The minimum Gasteiger partial charge on any atom is -0.429 e. The lowest BCUT2D eigenvalue weighted by molar-refractivity contribution is 0.520. The van der Waals surface area contributed by atoms with Gasteiger partial charge in [-0.15, -0.1) is 0 Å². The Morgan fingerprint density at radius 3 is 2.88 bits per heavy atom. The molecule has 0 aliphatic carbocycles. The van der Waals surface area contributed by atoms with Crippen LogP contribution < -0.4 is 5.73 Å². The van der Waals surface area contributed by atoms with Gasteiger partial charge >= 0.3 is 0 Å². The van der Waals surface area contributed by atoms with Crippen molar-refractivity contribution in [3.8, 4) is 0 Å². The van der Waals surface area contributed by atoms with Crippen LogP contribution in [-0.4, -0.2) is 15.0 Å². The van der Waals surface area contributed by atoms with Crippen molar-refractivity contribution < 1.29 is 4.42 Å². The van der Waals surface area contributed by atoms with Crippen LogP contribution in [0, 0.1) is 0 Å². The van der Waals surface area contributed by atoms with E-state index in [2.05, 4.69) is 15.0 Å². The van der Waals surface area contributed by atoms with Crippen molar-refractivity contribution in [2.75, 3.05) is 5.73 Å². The molecule has 0 bridgehead atoms. The Balaban J connectivity index is 1.76. The first-order chi connectivity index (χ1) is 8.31. The number of oxazole rings is 1. The number of nitrogen functional groups attached to an aromatic ring is 1. The van der Waals surface area contributed by atoms with Crippen LogP contribution in [0.15, 0.2) is 34.9 Å². The predicted molar refractivity (Wildman–Crippen MR) is 64.4 cm³/mol. The molecule has 0 atom stereocenters. The number of hydrogen-bond acceptors (Lipinski definition) is 4. The van der Waals surface area contributed by atoms with E-state index in [-0.39, 0.29) is 6.01 Å². The first-order valence-electron chi connectivity index (χ1n) is 5.45. The Kier molecular flexibility index (Phi) is 2.29. The lowest BCUT2D eigenvalue weighted by atomic mass is 10.2. The molecule has 2 heterocycles. The lowest BCUT2D eigenvalue weighted by Crippen LogP contribution is -1.91. The summed E-state index contributed by atoms with van der Waals surface area (Å²) in [5.41, 5.74) is 7.45. The summed E-state index contributed by atoms with van der Waals surface area (Å²) >= 11 is 0. The minimum absolute atomic E-state index is 0.213. The maximum Gasteiger partial charge on any atom is 0.292 e. The van der Waals surface area contributed by atoms with Crippen molar-refractivity contribution in [2.24, 2.45) is 0 Å². The van der Waals surface area contributed by atoms with Gasteiger partial charge in [-0.25, -0.2) is 9.97 Å². The highest BCUT2D eigenvalue weighted by molar-refractivity contribution is 5.74. The highest BCUT2D eigenvalue weighted by Crippen LogP contribution is 2.13. The monoisotopic (exact) mass is 228 g/mol. The molecule has 3 N–H and O–H groups in total. The third kappa shape index (κ3) is 1.99. The molecule has 3 aromatic rings. The maximum atomic E-state index is 5.41. The zero-order valence-corrected chi connectivity index (χ0v) is 9.18. The number of H-pyrrole nitrogens is 1. The molecule has 0 aliphatic heterocycles. The molecule has 0 unspecified atom stereocenters. The van der Waals surface area contributed by atoms with Crippen molar-refractivity contribution >= 4 is 17.0 Å². The molecule has 0 amide bonds. The highest BCUT2D eigenvalue weighted by atomic mass is 16.4. The summed E-state index contributed by atoms with van der Waals surface area (Å²) in [6.07, 6.45) is 3.17. The predicted octanol–water partition coefficient (Wildman–Crippen LogP) is 1.92. The van der Waals surface area contributed by atoms with E-state index in [4.69, 9.17) is 10.2 Å². The van der Waals surface area contributed by atoms with Crippen LogP contribution in [0.1, 0.15) is 11.6 Å². The van der Waals surface area contributed by atoms with E-state index in [1.165, 1.54) is 0 Å². The maximum absolute atomic E-state index is 5.41. The fourth-order valence-corrected chi connectivity index (χ4v) is 1.80. The number of imidazole rings is 1. The van der Waals surface area contributed by atoms with E-state index in [1.54, 1.807) is 6.20 Å². The number of hydrogen-bond donors (Lipinski definition) is 2. The largest absolute Gasteiger partial charge is 0.429 e. The number of nitrogens with zero attached hydrogens (tertiary/aromatic N) is 2. The van der Waals surface area contributed by atoms with Crippen LogP contribution in [0.3, 0.4) is 0 Å². The lowest BCUT2D eigenvalue weighted by Gasteiger charge is -1.92. The second-order valence-electron chi connectivity index (χ2n) is 3.87. The Hall–Kier alpha value is -2.30. The highest BCUT2D eigenvalue weighted by Gasteiger charge is 2.05. The van der Waals surface area contributed by atoms with Crippen LogP contribution in [0.4, 0.5) is 6.01 Å². The molecule has 17 heavy (non-hydrogen) atoms. The van der Waals surface area contributed by atoms with Crippen molar-refractivity contribution in [2.45, 2.75) is 12.8 Å². The summed E-state index contributed by atoms with van der Waals surface area (Å²) in [6, 6.07) is 8.18. The third-order valence-electron chi connectivity index (χ3n) is 2.62. The number of para-hydroxylation sites is 2. The minimum atomic E-state index is 0.213. The van der Waals surface area contributed by atoms with Crippen molar-refractivity contribution in [3.05, 3.63) is 42.0 Å². The van der Waals surface area contributed by atoms with E-state index in [0.717, 1.165) is 35.5 Å². The summed E-state index contributed by atoms with van der Waals surface area (Å²) in [5.74, 6) is 1.73. The van der Waals surface area contributed by atoms with Crippen LogP contribution in [0.2, 0.25) is 0 Å². The van der Waals surface area contributed by atoms with Gasteiger partial charge in [0.1, 0.15) is 11.6 Å². The molecular weight excluding hydrogens is 216 g/mol. The van der Waals surface area contributed by atoms with Crippen molar-refractivity contribution in [1.29, 1.82) is 0 Å². The Labute approximate surface area is 97.7 Å².